The summed E-state index contributed by atoms with van der Waals surface area (Å²) in [6.45, 7) is 1.05. The molecule has 0 aromatic heterocycles. The number of amides is 1. The lowest BCUT2D eigenvalue weighted by atomic mass is 10.1. The largest absolute Gasteiger partial charge is 0.494 e. The summed E-state index contributed by atoms with van der Waals surface area (Å²) < 4.78 is 23.6. The fourth-order valence-corrected chi connectivity index (χ4v) is 3.09. The third kappa shape index (κ3) is 7.22. The maximum absolute atomic E-state index is 14.0. The van der Waals surface area contributed by atoms with Gasteiger partial charge in [-0.15, -0.1) is 0 Å². The first-order valence-electron chi connectivity index (χ1n) is 9.78. The van der Waals surface area contributed by atoms with Gasteiger partial charge < -0.3 is 14.4 Å². The summed E-state index contributed by atoms with van der Waals surface area (Å²) >= 11 is 0. The van der Waals surface area contributed by atoms with Gasteiger partial charge in [-0.1, -0.05) is 30.3 Å². The van der Waals surface area contributed by atoms with E-state index in [9.17, 15) is 14.0 Å². The molecule has 5 nitrogen and oxygen atoms in total. The number of carbonyl (C=O) groups excluding carboxylic acids is 2. The Labute approximate surface area is 171 Å². The zero-order valence-corrected chi connectivity index (χ0v) is 17.0. The normalized spacial score (nSPS) is 10.4. The molecule has 0 spiro atoms. The molecule has 0 bridgehead atoms. The van der Waals surface area contributed by atoms with E-state index in [1.54, 1.807) is 11.0 Å². The van der Waals surface area contributed by atoms with Gasteiger partial charge in [-0.3, -0.25) is 9.59 Å². The van der Waals surface area contributed by atoms with Crippen molar-refractivity contribution in [3.8, 4) is 5.75 Å². The average Bonchev–Trinajstić information content (AvgIpc) is 2.75. The summed E-state index contributed by atoms with van der Waals surface area (Å²) in [5, 5.41) is 0. The summed E-state index contributed by atoms with van der Waals surface area (Å²) in [6, 6.07) is 14.3. The van der Waals surface area contributed by atoms with Crippen LogP contribution in [0, 0.1) is 5.82 Å². The minimum atomic E-state index is -0.562. The average molecular weight is 401 g/mol. The fourth-order valence-electron chi connectivity index (χ4n) is 3.09. The molecule has 0 saturated heterocycles. The Bertz CT molecular complexity index is 795. The second-order valence-electron chi connectivity index (χ2n) is 6.76. The van der Waals surface area contributed by atoms with Gasteiger partial charge in [-0.2, -0.15) is 0 Å². The summed E-state index contributed by atoms with van der Waals surface area (Å²) in [5.41, 5.74) is 1.50. The second kappa shape index (κ2) is 11.8. The van der Waals surface area contributed by atoms with E-state index in [1.807, 2.05) is 18.2 Å². The molecule has 0 radical (unpaired) electrons. The van der Waals surface area contributed by atoms with Crippen molar-refractivity contribution in [3.05, 3.63) is 65.5 Å². The topological polar surface area (TPSA) is 55.8 Å². The van der Waals surface area contributed by atoms with Gasteiger partial charge in [0.25, 0.3) is 5.91 Å². The number of unbranched alkanes of at least 4 members (excludes halogenated alkanes) is 1. The van der Waals surface area contributed by atoms with E-state index in [2.05, 4.69) is 16.9 Å². The molecule has 2 rings (SSSR count). The van der Waals surface area contributed by atoms with Gasteiger partial charge in [0.15, 0.2) is 11.6 Å². The van der Waals surface area contributed by atoms with Crippen LogP contribution in [0.1, 0.15) is 41.6 Å². The van der Waals surface area contributed by atoms with Crippen molar-refractivity contribution in [2.45, 2.75) is 32.1 Å². The van der Waals surface area contributed by atoms with Crippen LogP contribution in [0.15, 0.2) is 48.5 Å². The zero-order valence-electron chi connectivity index (χ0n) is 17.0. The second-order valence-corrected chi connectivity index (χ2v) is 6.76. The van der Waals surface area contributed by atoms with Gasteiger partial charge in [0, 0.05) is 25.1 Å². The number of ether oxygens (including phenoxy) is 2. The lowest BCUT2D eigenvalue weighted by Gasteiger charge is -2.23. The van der Waals surface area contributed by atoms with Gasteiger partial charge in [0.05, 0.1) is 14.2 Å². The highest BCUT2D eigenvalue weighted by atomic mass is 19.1. The number of carbonyl (C=O) groups is 2. The number of aryl methyl sites for hydroxylation is 1. The first kappa shape index (κ1) is 22.4. The van der Waals surface area contributed by atoms with Crippen molar-refractivity contribution in [2.75, 3.05) is 27.3 Å². The first-order valence-corrected chi connectivity index (χ1v) is 9.78. The Morgan fingerprint density at radius 3 is 2.34 bits per heavy atom. The number of hydrogen-bond donors (Lipinski definition) is 0. The van der Waals surface area contributed by atoms with Crippen LogP contribution in [0.5, 0.6) is 5.75 Å². The number of benzene rings is 2. The molecule has 0 heterocycles. The van der Waals surface area contributed by atoms with Crippen LogP contribution in [-0.2, 0) is 16.0 Å². The molecule has 0 aliphatic heterocycles. The summed E-state index contributed by atoms with van der Waals surface area (Å²) in [4.78, 5) is 26.0. The van der Waals surface area contributed by atoms with Crippen molar-refractivity contribution in [2.24, 2.45) is 0 Å². The van der Waals surface area contributed by atoms with Gasteiger partial charge in [0.1, 0.15) is 0 Å². The molecular weight excluding hydrogens is 373 g/mol. The third-order valence-corrected chi connectivity index (χ3v) is 4.71. The molecule has 2 aromatic rings. The predicted octanol–water partition coefficient (Wildman–Crippen LogP) is 4.25. The van der Waals surface area contributed by atoms with Crippen LogP contribution in [0.4, 0.5) is 4.39 Å². The lowest BCUT2D eigenvalue weighted by molar-refractivity contribution is -0.140. The van der Waals surface area contributed by atoms with E-state index in [0.717, 1.165) is 12.8 Å². The van der Waals surface area contributed by atoms with Gasteiger partial charge in [-0.05, 0) is 49.4 Å². The summed E-state index contributed by atoms with van der Waals surface area (Å²) in [5.74, 6) is -0.939. The van der Waals surface area contributed by atoms with Crippen LogP contribution >= 0.6 is 0 Å². The molecule has 6 heteroatoms. The van der Waals surface area contributed by atoms with Crippen molar-refractivity contribution in [3.63, 3.8) is 0 Å². The summed E-state index contributed by atoms with van der Waals surface area (Å²) in [7, 11) is 2.75. The molecule has 0 fully saturated rings. The molecule has 156 valence electrons. The molecule has 0 aliphatic carbocycles. The fraction of sp³-hybridized carbons (Fsp3) is 0.391. The highest BCUT2D eigenvalue weighted by molar-refractivity contribution is 5.94. The number of methoxy groups -OCH3 is 2. The van der Waals surface area contributed by atoms with E-state index in [1.165, 1.54) is 31.9 Å². The van der Waals surface area contributed by atoms with E-state index in [4.69, 9.17) is 4.74 Å². The van der Waals surface area contributed by atoms with Crippen LogP contribution in [-0.4, -0.2) is 44.1 Å². The van der Waals surface area contributed by atoms with Crippen molar-refractivity contribution in [1.29, 1.82) is 0 Å². The van der Waals surface area contributed by atoms with Crippen molar-refractivity contribution >= 4 is 11.9 Å². The predicted molar refractivity (Wildman–Crippen MR) is 109 cm³/mol. The van der Waals surface area contributed by atoms with Gasteiger partial charge >= 0.3 is 5.97 Å². The first-order chi connectivity index (χ1) is 14.0. The molecule has 29 heavy (non-hydrogen) atoms. The SMILES string of the molecule is COC(=O)CCCCN(CCCc1ccccc1)C(=O)c1ccc(OC)c(F)c1. The van der Waals surface area contributed by atoms with Crippen LogP contribution < -0.4 is 4.74 Å². The molecule has 0 aliphatic rings. The Morgan fingerprint density at radius 2 is 1.69 bits per heavy atom. The Hall–Kier alpha value is -2.89. The number of esters is 1. The van der Waals surface area contributed by atoms with Crippen LogP contribution in [0.3, 0.4) is 0 Å². The monoisotopic (exact) mass is 401 g/mol. The molecule has 2 aromatic carbocycles. The quantitative estimate of drug-likeness (QED) is 0.417. The third-order valence-electron chi connectivity index (χ3n) is 4.71. The maximum Gasteiger partial charge on any atom is 0.305 e. The molecule has 0 N–H and O–H groups in total. The van der Waals surface area contributed by atoms with E-state index >= 15 is 0 Å². The molecule has 0 saturated carbocycles. The number of rotatable bonds is 11. The molecule has 0 unspecified atom stereocenters. The Morgan fingerprint density at radius 1 is 0.966 bits per heavy atom. The minimum Gasteiger partial charge on any atom is -0.494 e. The minimum absolute atomic E-state index is 0.107. The van der Waals surface area contributed by atoms with Crippen molar-refractivity contribution < 1.29 is 23.5 Å². The number of hydrogen-bond acceptors (Lipinski definition) is 4. The van der Waals surface area contributed by atoms with Crippen LogP contribution in [0.25, 0.3) is 0 Å². The molecular formula is C23H28FNO4. The standard InChI is InChI=1S/C23H28FNO4/c1-28-21-14-13-19(17-20(21)24)23(27)25(15-7-6-12-22(26)29-2)16-8-11-18-9-4-3-5-10-18/h3-5,9-10,13-14,17H,6-8,11-12,15-16H2,1-2H3. The number of nitrogens with zero attached hydrogens (tertiary/aromatic N) is 1. The zero-order chi connectivity index (χ0) is 21.1. The van der Waals surface area contributed by atoms with Crippen molar-refractivity contribution in [1.82, 2.24) is 4.90 Å². The van der Waals surface area contributed by atoms with E-state index < -0.39 is 5.82 Å². The smallest absolute Gasteiger partial charge is 0.305 e. The lowest BCUT2D eigenvalue weighted by Crippen LogP contribution is -2.33. The Kier molecular flexibility index (Phi) is 9.15. The Balaban J connectivity index is 2.00. The van der Waals surface area contributed by atoms with Gasteiger partial charge in [0.2, 0.25) is 0 Å². The molecule has 1 amide bonds. The highest BCUT2D eigenvalue weighted by Crippen LogP contribution is 2.19. The highest BCUT2D eigenvalue weighted by Gasteiger charge is 2.17. The van der Waals surface area contributed by atoms with E-state index in [0.29, 0.717) is 32.4 Å². The number of halogens is 1. The molecule has 0 atom stereocenters. The van der Waals surface area contributed by atoms with Gasteiger partial charge in [-0.25, -0.2) is 4.39 Å². The van der Waals surface area contributed by atoms with Crippen LogP contribution in [0.2, 0.25) is 0 Å². The summed E-state index contributed by atoms with van der Waals surface area (Å²) in [6.07, 6.45) is 3.27. The maximum atomic E-state index is 14.0. The van der Waals surface area contributed by atoms with E-state index in [-0.39, 0.29) is 23.2 Å².